The van der Waals surface area contributed by atoms with Crippen molar-refractivity contribution in [3.05, 3.63) is 34.9 Å². The highest BCUT2D eigenvalue weighted by Gasteiger charge is 2.24. The van der Waals surface area contributed by atoms with E-state index in [1.165, 1.54) is 24.0 Å². The molecule has 1 aromatic rings. The number of rotatable bonds is 3. The summed E-state index contributed by atoms with van der Waals surface area (Å²) in [7, 11) is 0. The van der Waals surface area contributed by atoms with Gasteiger partial charge in [-0.15, -0.1) is 0 Å². The first-order chi connectivity index (χ1) is 12.5. The number of hydrogen-bond donors (Lipinski definition) is 1. The molecule has 2 aliphatic rings. The van der Waals surface area contributed by atoms with Gasteiger partial charge in [-0.3, -0.25) is 4.79 Å². The number of benzene rings is 1. The molecule has 1 aromatic carbocycles. The van der Waals surface area contributed by atoms with Gasteiger partial charge < -0.3 is 15.1 Å². The number of nitrogens with one attached hydrogen (secondary N) is 1. The summed E-state index contributed by atoms with van der Waals surface area (Å²) in [6, 6.07) is 6.63. The zero-order valence-corrected chi connectivity index (χ0v) is 16.1. The Balaban J connectivity index is 1.52. The van der Waals surface area contributed by atoms with Gasteiger partial charge in [0, 0.05) is 32.2 Å². The van der Waals surface area contributed by atoms with Gasteiger partial charge in [0.25, 0.3) is 0 Å². The Morgan fingerprint density at radius 2 is 1.69 bits per heavy atom. The van der Waals surface area contributed by atoms with Gasteiger partial charge >= 0.3 is 6.03 Å². The molecule has 0 bridgehead atoms. The first kappa shape index (κ1) is 18.7. The van der Waals surface area contributed by atoms with Crippen molar-refractivity contribution < 1.29 is 9.59 Å². The molecule has 1 saturated heterocycles. The fourth-order valence-corrected chi connectivity index (χ4v) is 4.02. The summed E-state index contributed by atoms with van der Waals surface area (Å²) in [6.45, 7) is 6.84. The lowest BCUT2D eigenvalue weighted by Gasteiger charge is -2.24. The molecule has 0 unspecified atom stereocenters. The lowest BCUT2D eigenvalue weighted by atomic mass is 10.0. The molecular weight excluding hydrogens is 326 g/mol. The highest BCUT2D eigenvalue weighted by atomic mass is 16.2. The molecule has 1 saturated carbocycles. The maximum Gasteiger partial charge on any atom is 0.317 e. The molecule has 26 heavy (non-hydrogen) atoms. The fraction of sp³-hybridized carbons (Fsp3) is 0.619. The molecule has 0 atom stereocenters. The lowest BCUT2D eigenvalue weighted by molar-refractivity contribution is -0.130. The van der Waals surface area contributed by atoms with Crippen LogP contribution in [0.5, 0.6) is 0 Å². The zero-order chi connectivity index (χ0) is 18.5. The fourth-order valence-electron chi connectivity index (χ4n) is 4.02. The van der Waals surface area contributed by atoms with Crippen molar-refractivity contribution in [2.45, 2.75) is 58.4 Å². The summed E-state index contributed by atoms with van der Waals surface area (Å²) >= 11 is 0. The molecule has 142 valence electrons. The number of carbonyl (C=O) groups is 2. The number of carbonyl (C=O) groups excluding carboxylic acids is 2. The predicted molar refractivity (Wildman–Crippen MR) is 103 cm³/mol. The third-order valence-corrected chi connectivity index (χ3v) is 5.66. The predicted octanol–water partition coefficient (Wildman–Crippen LogP) is 3.03. The molecule has 3 amide bonds. The summed E-state index contributed by atoms with van der Waals surface area (Å²) in [6.07, 6.45) is 5.91. The molecule has 1 aliphatic heterocycles. The van der Waals surface area contributed by atoms with E-state index >= 15 is 0 Å². The molecule has 0 spiro atoms. The molecule has 0 aromatic heterocycles. The maximum absolute atomic E-state index is 12.7. The van der Waals surface area contributed by atoms with Crippen LogP contribution in [-0.4, -0.2) is 54.0 Å². The second-order valence-corrected chi connectivity index (χ2v) is 7.76. The van der Waals surface area contributed by atoms with Gasteiger partial charge in [-0.05, 0) is 44.2 Å². The summed E-state index contributed by atoms with van der Waals surface area (Å²) < 4.78 is 0. The van der Waals surface area contributed by atoms with Crippen LogP contribution in [0.4, 0.5) is 4.79 Å². The van der Waals surface area contributed by atoms with Crippen LogP contribution in [0, 0.1) is 13.8 Å². The van der Waals surface area contributed by atoms with Crippen molar-refractivity contribution in [2.24, 2.45) is 0 Å². The van der Waals surface area contributed by atoms with Crippen LogP contribution in [0.15, 0.2) is 18.2 Å². The molecule has 2 fully saturated rings. The Morgan fingerprint density at radius 1 is 1.00 bits per heavy atom. The van der Waals surface area contributed by atoms with Gasteiger partial charge in [0.1, 0.15) is 0 Å². The van der Waals surface area contributed by atoms with Crippen molar-refractivity contribution in [3.8, 4) is 0 Å². The van der Waals surface area contributed by atoms with Crippen LogP contribution in [0.2, 0.25) is 0 Å². The van der Waals surface area contributed by atoms with E-state index in [-0.39, 0.29) is 11.9 Å². The number of hydrogen-bond acceptors (Lipinski definition) is 2. The summed E-state index contributed by atoms with van der Waals surface area (Å²) in [5.74, 6) is 0.162. The SMILES string of the molecule is Cc1ccc(CC(=O)N2CCCN(C(=O)NC3CCCC3)CC2)c(C)c1. The Morgan fingerprint density at radius 3 is 2.42 bits per heavy atom. The average Bonchev–Trinajstić information content (AvgIpc) is 2.98. The highest BCUT2D eigenvalue weighted by Crippen LogP contribution is 2.18. The molecular formula is C21H31N3O2. The average molecular weight is 357 g/mol. The van der Waals surface area contributed by atoms with Crippen molar-refractivity contribution in [1.29, 1.82) is 0 Å². The number of amides is 3. The largest absolute Gasteiger partial charge is 0.341 e. The second-order valence-electron chi connectivity index (χ2n) is 7.76. The number of nitrogens with zero attached hydrogens (tertiary/aromatic N) is 2. The standard InChI is InChI=1S/C21H31N3O2/c1-16-8-9-18(17(2)14-16)15-20(25)23-10-5-11-24(13-12-23)21(26)22-19-6-3-4-7-19/h8-9,14,19H,3-7,10-13,15H2,1-2H3,(H,22,26). The summed E-state index contributed by atoms with van der Waals surface area (Å²) in [5.41, 5.74) is 3.49. The van der Waals surface area contributed by atoms with Gasteiger partial charge in [0.15, 0.2) is 0 Å². The number of urea groups is 1. The van der Waals surface area contributed by atoms with Crippen molar-refractivity contribution >= 4 is 11.9 Å². The van der Waals surface area contributed by atoms with E-state index in [2.05, 4.69) is 37.4 Å². The monoisotopic (exact) mass is 357 g/mol. The minimum Gasteiger partial charge on any atom is -0.341 e. The van der Waals surface area contributed by atoms with Gasteiger partial charge in [-0.25, -0.2) is 4.79 Å². The molecule has 5 heteroatoms. The molecule has 1 aliphatic carbocycles. The van der Waals surface area contributed by atoms with Crippen LogP contribution in [0.3, 0.4) is 0 Å². The maximum atomic E-state index is 12.7. The van der Waals surface area contributed by atoms with E-state index in [1.807, 2.05) is 9.80 Å². The Bertz CT molecular complexity index is 653. The van der Waals surface area contributed by atoms with E-state index in [1.54, 1.807) is 0 Å². The minimum absolute atomic E-state index is 0.0422. The van der Waals surface area contributed by atoms with E-state index in [0.29, 0.717) is 25.6 Å². The van der Waals surface area contributed by atoms with E-state index in [4.69, 9.17) is 0 Å². The number of aryl methyl sites for hydroxylation is 2. The van der Waals surface area contributed by atoms with Crippen LogP contribution in [0.25, 0.3) is 0 Å². The Labute approximate surface area is 156 Å². The third-order valence-electron chi connectivity index (χ3n) is 5.66. The van der Waals surface area contributed by atoms with Gasteiger partial charge in [-0.1, -0.05) is 36.6 Å². The first-order valence-corrected chi connectivity index (χ1v) is 9.92. The first-order valence-electron chi connectivity index (χ1n) is 9.92. The zero-order valence-electron chi connectivity index (χ0n) is 16.1. The topological polar surface area (TPSA) is 52.7 Å². The summed E-state index contributed by atoms with van der Waals surface area (Å²) in [5, 5.41) is 3.16. The molecule has 3 rings (SSSR count). The second kappa shape index (κ2) is 8.56. The quantitative estimate of drug-likeness (QED) is 0.904. The van der Waals surface area contributed by atoms with Crippen LogP contribution < -0.4 is 5.32 Å². The van der Waals surface area contributed by atoms with Gasteiger partial charge in [0.05, 0.1) is 6.42 Å². The molecule has 1 N–H and O–H groups in total. The Kier molecular flexibility index (Phi) is 6.17. The minimum atomic E-state index is 0.0422. The van der Waals surface area contributed by atoms with Crippen molar-refractivity contribution in [2.75, 3.05) is 26.2 Å². The van der Waals surface area contributed by atoms with Crippen LogP contribution in [-0.2, 0) is 11.2 Å². The normalized spacial score (nSPS) is 18.7. The smallest absolute Gasteiger partial charge is 0.317 e. The molecule has 1 heterocycles. The van der Waals surface area contributed by atoms with Crippen LogP contribution >= 0.6 is 0 Å². The Hall–Kier alpha value is -2.04. The van der Waals surface area contributed by atoms with E-state index < -0.39 is 0 Å². The van der Waals surface area contributed by atoms with Crippen molar-refractivity contribution in [1.82, 2.24) is 15.1 Å². The third kappa shape index (κ3) is 4.77. The lowest BCUT2D eigenvalue weighted by Crippen LogP contribution is -2.45. The summed E-state index contributed by atoms with van der Waals surface area (Å²) in [4.78, 5) is 29.0. The molecule has 0 radical (unpaired) electrons. The van der Waals surface area contributed by atoms with E-state index in [9.17, 15) is 9.59 Å². The van der Waals surface area contributed by atoms with Gasteiger partial charge in [0.2, 0.25) is 5.91 Å². The van der Waals surface area contributed by atoms with Gasteiger partial charge in [-0.2, -0.15) is 0 Å². The van der Waals surface area contributed by atoms with Crippen LogP contribution in [0.1, 0.15) is 48.8 Å². The molecule has 5 nitrogen and oxygen atoms in total. The highest BCUT2D eigenvalue weighted by molar-refractivity contribution is 5.79. The van der Waals surface area contributed by atoms with E-state index in [0.717, 1.165) is 37.9 Å². The van der Waals surface area contributed by atoms with Crippen molar-refractivity contribution in [3.63, 3.8) is 0 Å².